The number of carbonyl (C=O) groups excluding carboxylic acids is 2. The monoisotopic (exact) mass is 467 g/mol. The molecule has 5 rings (SSSR count). The van der Waals surface area contributed by atoms with Crippen molar-refractivity contribution < 1.29 is 9.59 Å². The molecule has 166 valence electrons. The standard InChI is InChI=1S/C25H26ClN3O2S/c1-15-7-6-12-25(14-15)29(24(31)16(2)32-25)28-23(30)22-21(17-8-4-3-5-9-17)19-13-18(26)10-11-20(19)27-22/h3-5,8-11,13,15-16,27H,6-7,12,14H2,1-2H3,(H,28,30). The van der Waals surface area contributed by atoms with E-state index in [4.69, 9.17) is 11.6 Å². The van der Waals surface area contributed by atoms with E-state index in [0.717, 1.165) is 47.7 Å². The molecular formula is C25H26ClN3O2S. The molecule has 1 spiro atoms. The Kier molecular flexibility index (Phi) is 5.46. The second-order valence-electron chi connectivity index (χ2n) is 8.95. The van der Waals surface area contributed by atoms with Gasteiger partial charge < -0.3 is 4.98 Å². The van der Waals surface area contributed by atoms with E-state index < -0.39 is 0 Å². The lowest BCUT2D eigenvalue weighted by molar-refractivity contribution is -0.136. The molecule has 0 bridgehead atoms. The molecule has 2 amide bonds. The molecule has 2 heterocycles. The van der Waals surface area contributed by atoms with Crippen molar-refractivity contribution in [2.45, 2.75) is 49.7 Å². The molecular weight excluding hydrogens is 442 g/mol. The molecule has 1 saturated heterocycles. The molecule has 1 aromatic heterocycles. The first-order valence-corrected chi connectivity index (χ1v) is 12.3. The molecule has 2 aromatic carbocycles. The zero-order valence-electron chi connectivity index (χ0n) is 18.2. The summed E-state index contributed by atoms with van der Waals surface area (Å²) in [7, 11) is 0. The molecule has 32 heavy (non-hydrogen) atoms. The summed E-state index contributed by atoms with van der Waals surface area (Å²) in [5, 5.41) is 2.95. The highest BCUT2D eigenvalue weighted by atomic mass is 35.5. The van der Waals surface area contributed by atoms with Gasteiger partial charge in [0.05, 0.1) is 5.25 Å². The maximum absolute atomic E-state index is 13.6. The van der Waals surface area contributed by atoms with E-state index in [1.54, 1.807) is 22.8 Å². The van der Waals surface area contributed by atoms with E-state index in [0.29, 0.717) is 16.6 Å². The third kappa shape index (κ3) is 3.59. The van der Waals surface area contributed by atoms with Crippen molar-refractivity contribution in [3.8, 4) is 11.1 Å². The Balaban J connectivity index is 1.56. The second kappa shape index (κ2) is 8.16. The van der Waals surface area contributed by atoms with Gasteiger partial charge in [0.15, 0.2) is 0 Å². The summed E-state index contributed by atoms with van der Waals surface area (Å²) < 4.78 is 0. The minimum absolute atomic E-state index is 0.0298. The van der Waals surface area contributed by atoms with Crippen LogP contribution in [0.5, 0.6) is 0 Å². The normalized spacial score (nSPS) is 25.6. The molecule has 1 aliphatic heterocycles. The smallest absolute Gasteiger partial charge is 0.286 e. The van der Waals surface area contributed by atoms with Gasteiger partial charge in [0.2, 0.25) is 0 Å². The summed E-state index contributed by atoms with van der Waals surface area (Å²) in [6.07, 6.45) is 4.00. The van der Waals surface area contributed by atoms with Crippen LogP contribution in [0.1, 0.15) is 50.0 Å². The molecule has 5 nitrogen and oxygen atoms in total. The van der Waals surface area contributed by atoms with Gasteiger partial charge in [-0.3, -0.25) is 15.0 Å². The van der Waals surface area contributed by atoms with Crippen molar-refractivity contribution >= 4 is 46.1 Å². The van der Waals surface area contributed by atoms with Gasteiger partial charge in [0.25, 0.3) is 11.8 Å². The lowest BCUT2D eigenvalue weighted by atomic mass is 9.86. The zero-order chi connectivity index (χ0) is 22.5. The quantitative estimate of drug-likeness (QED) is 0.496. The number of nitrogens with one attached hydrogen (secondary N) is 2. The van der Waals surface area contributed by atoms with Crippen molar-refractivity contribution in [3.63, 3.8) is 0 Å². The van der Waals surface area contributed by atoms with Crippen LogP contribution in [-0.2, 0) is 4.79 Å². The van der Waals surface area contributed by atoms with E-state index >= 15 is 0 Å². The molecule has 3 aromatic rings. The van der Waals surface area contributed by atoms with Crippen LogP contribution >= 0.6 is 23.4 Å². The number of benzene rings is 2. The highest BCUT2D eigenvalue weighted by molar-refractivity contribution is 8.02. The number of nitrogens with zero attached hydrogens (tertiary/aromatic N) is 1. The SMILES string of the molecule is CC1CCCC2(C1)SC(C)C(=O)N2NC(=O)c1[nH]c2ccc(Cl)cc2c1-c1ccccc1. The number of hydrazine groups is 1. The van der Waals surface area contributed by atoms with Gasteiger partial charge in [-0.15, -0.1) is 11.8 Å². The van der Waals surface area contributed by atoms with Crippen LogP contribution in [0.4, 0.5) is 0 Å². The fourth-order valence-electron chi connectivity index (χ4n) is 5.15. The highest BCUT2D eigenvalue weighted by Gasteiger charge is 2.52. The number of thioether (sulfide) groups is 1. The summed E-state index contributed by atoms with van der Waals surface area (Å²) in [4.78, 5) is 29.6. The average Bonchev–Trinajstić information content (AvgIpc) is 3.25. The Morgan fingerprint density at radius 1 is 1.22 bits per heavy atom. The topological polar surface area (TPSA) is 65.2 Å². The van der Waals surface area contributed by atoms with Gasteiger partial charge in [-0.2, -0.15) is 0 Å². The number of aromatic amines is 1. The molecule has 0 radical (unpaired) electrons. The van der Waals surface area contributed by atoms with Gasteiger partial charge in [0, 0.05) is 21.5 Å². The first-order chi connectivity index (χ1) is 15.4. The van der Waals surface area contributed by atoms with E-state index in [-0.39, 0.29) is 21.9 Å². The molecule has 2 N–H and O–H groups in total. The van der Waals surface area contributed by atoms with E-state index in [1.165, 1.54) is 0 Å². The van der Waals surface area contributed by atoms with Crippen molar-refractivity contribution in [1.82, 2.24) is 15.4 Å². The number of rotatable bonds is 3. The number of carbonyl (C=O) groups is 2. The zero-order valence-corrected chi connectivity index (χ0v) is 19.7. The van der Waals surface area contributed by atoms with Crippen LogP contribution < -0.4 is 5.43 Å². The third-order valence-electron chi connectivity index (χ3n) is 6.57. The summed E-state index contributed by atoms with van der Waals surface area (Å²) in [5.41, 5.74) is 5.98. The highest BCUT2D eigenvalue weighted by Crippen LogP contribution is 2.50. The number of hydrogen-bond acceptors (Lipinski definition) is 3. The van der Waals surface area contributed by atoms with Crippen LogP contribution in [0.15, 0.2) is 48.5 Å². The number of amides is 2. The number of fused-ring (bicyclic) bond motifs is 1. The predicted molar refractivity (Wildman–Crippen MR) is 130 cm³/mol. The molecule has 7 heteroatoms. The third-order valence-corrected chi connectivity index (χ3v) is 8.35. The number of H-pyrrole nitrogens is 1. The Morgan fingerprint density at radius 3 is 2.75 bits per heavy atom. The van der Waals surface area contributed by atoms with Crippen LogP contribution in [0.2, 0.25) is 5.02 Å². The van der Waals surface area contributed by atoms with Crippen molar-refractivity contribution in [2.24, 2.45) is 5.92 Å². The van der Waals surface area contributed by atoms with Crippen molar-refractivity contribution in [2.75, 3.05) is 0 Å². The van der Waals surface area contributed by atoms with E-state index in [9.17, 15) is 9.59 Å². The van der Waals surface area contributed by atoms with Crippen LogP contribution in [0.25, 0.3) is 22.0 Å². The minimum atomic E-state index is -0.369. The number of halogens is 1. The Hall–Kier alpha value is -2.44. The molecule has 2 fully saturated rings. The molecule has 1 aliphatic carbocycles. The second-order valence-corrected chi connectivity index (χ2v) is 11.1. The van der Waals surface area contributed by atoms with Crippen molar-refractivity contribution in [1.29, 1.82) is 0 Å². The largest absolute Gasteiger partial charge is 0.350 e. The van der Waals surface area contributed by atoms with Gasteiger partial charge in [-0.05, 0) is 55.9 Å². The molecule has 1 saturated carbocycles. The van der Waals surface area contributed by atoms with E-state index in [2.05, 4.69) is 17.3 Å². The number of aromatic nitrogens is 1. The maximum Gasteiger partial charge on any atom is 0.286 e. The maximum atomic E-state index is 13.6. The van der Waals surface area contributed by atoms with Gasteiger partial charge >= 0.3 is 0 Å². The van der Waals surface area contributed by atoms with Crippen molar-refractivity contribution in [3.05, 3.63) is 59.2 Å². The summed E-state index contributed by atoms with van der Waals surface area (Å²) in [6.45, 7) is 4.16. The minimum Gasteiger partial charge on any atom is -0.350 e. The first-order valence-electron chi connectivity index (χ1n) is 11.1. The Labute approximate surface area is 196 Å². The van der Waals surface area contributed by atoms with E-state index in [1.807, 2.05) is 49.4 Å². The van der Waals surface area contributed by atoms with Gasteiger partial charge in [-0.1, -0.05) is 55.3 Å². The van der Waals surface area contributed by atoms with Crippen LogP contribution in [0.3, 0.4) is 0 Å². The molecule has 3 atom stereocenters. The van der Waals surface area contributed by atoms with Gasteiger partial charge in [-0.25, -0.2) is 5.01 Å². The summed E-state index contributed by atoms with van der Waals surface area (Å²) in [6, 6.07) is 15.3. The predicted octanol–water partition coefficient (Wildman–Crippen LogP) is 6.00. The average molecular weight is 468 g/mol. The van der Waals surface area contributed by atoms with Gasteiger partial charge in [0.1, 0.15) is 10.6 Å². The molecule has 2 aliphatic rings. The van der Waals surface area contributed by atoms with Crippen LogP contribution in [-0.4, -0.2) is 31.9 Å². The number of hydrogen-bond donors (Lipinski definition) is 2. The molecule has 3 unspecified atom stereocenters. The first kappa shape index (κ1) is 21.4. The lowest BCUT2D eigenvalue weighted by Gasteiger charge is -2.42. The Bertz CT molecular complexity index is 1190. The fraction of sp³-hybridized carbons (Fsp3) is 0.360. The fourth-order valence-corrected chi connectivity index (χ4v) is 7.07. The van der Waals surface area contributed by atoms with Crippen LogP contribution in [0, 0.1) is 5.92 Å². The Morgan fingerprint density at radius 2 is 2.00 bits per heavy atom. The summed E-state index contributed by atoms with van der Waals surface area (Å²) in [5.74, 6) is 0.179. The lowest BCUT2D eigenvalue weighted by Crippen LogP contribution is -2.56. The summed E-state index contributed by atoms with van der Waals surface area (Å²) >= 11 is 7.97.